The smallest absolute Gasteiger partial charge is 0.370 e. The van der Waals surface area contributed by atoms with E-state index in [4.69, 9.17) is 0 Å². The van der Waals surface area contributed by atoms with Crippen LogP contribution < -0.4 is 20.4 Å². The van der Waals surface area contributed by atoms with Gasteiger partial charge in [0.05, 0.1) is 5.56 Å². The largest absolute Gasteiger partial charge is 0.416 e. The van der Waals surface area contributed by atoms with Crippen molar-refractivity contribution in [2.75, 3.05) is 35.8 Å². The number of halogens is 3. The van der Waals surface area contributed by atoms with Crippen LogP contribution in [0.15, 0.2) is 60.8 Å². The van der Waals surface area contributed by atoms with Crippen molar-refractivity contribution in [2.45, 2.75) is 19.1 Å². The van der Waals surface area contributed by atoms with Gasteiger partial charge in [-0.15, -0.1) is 0 Å². The van der Waals surface area contributed by atoms with Gasteiger partial charge in [-0.05, 0) is 54.4 Å². The van der Waals surface area contributed by atoms with E-state index in [1.54, 1.807) is 19.3 Å². The monoisotopic (exact) mass is 483 g/mol. The van der Waals surface area contributed by atoms with E-state index >= 15 is 0 Å². The highest BCUT2D eigenvalue weighted by Gasteiger charge is 2.31. The average Bonchev–Trinajstić information content (AvgIpc) is 3.27. The molecule has 1 aliphatic rings. The molecular formula is C25H24F3N5O2. The van der Waals surface area contributed by atoms with E-state index in [9.17, 15) is 22.8 Å². The fourth-order valence-corrected chi connectivity index (χ4v) is 4.04. The summed E-state index contributed by atoms with van der Waals surface area (Å²) < 4.78 is 38.9. The summed E-state index contributed by atoms with van der Waals surface area (Å²) in [5.74, 6) is -0.259. The van der Waals surface area contributed by atoms with Crippen LogP contribution in [-0.4, -0.2) is 37.6 Å². The molecule has 0 radical (unpaired) electrons. The number of amides is 3. The van der Waals surface area contributed by atoms with Gasteiger partial charge in [0.2, 0.25) is 0 Å². The molecule has 0 aliphatic carbocycles. The molecule has 7 nitrogen and oxygen atoms in total. The fourth-order valence-electron chi connectivity index (χ4n) is 4.04. The minimum atomic E-state index is -4.49. The summed E-state index contributed by atoms with van der Waals surface area (Å²) in [6, 6.07) is 13.4. The van der Waals surface area contributed by atoms with Crippen LogP contribution in [0.5, 0.6) is 0 Å². The maximum atomic E-state index is 13.0. The maximum absolute atomic E-state index is 13.0. The van der Waals surface area contributed by atoms with Gasteiger partial charge in [0.15, 0.2) is 0 Å². The van der Waals surface area contributed by atoms with E-state index in [1.165, 1.54) is 17.0 Å². The summed E-state index contributed by atoms with van der Waals surface area (Å²) in [6.45, 7) is 0.867. The molecule has 0 unspecified atom stereocenters. The van der Waals surface area contributed by atoms with E-state index in [2.05, 4.69) is 15.6 Å². The number of hydrogen-bond donors (Lipinski definition) is 2. The van der Waals surface area contributed by atoms with Crippen LogP contribution in [0, 0.1) is 0 Å². The molecule has 1 aliphatic heterocycles. The number of benzene rings is 2. The summed E-state index contributed by atoms with van der Waals surface area (Å²) in [4.78, 5) is 32.6. The number of anilines is 3. The molecule has 4 rings (SSSR count). The molecule has 3 aromatic rings. The number of hydrogen-bond acceptors (Lipinski definition) is 4. The summed E-state index contributed by atoms with van der Waals surface area (Å²) in [5, 5.41) is 5.15. The number of carbonyl (C=O) groups excluding carboxylic acids is 2. The number of nitrogens with zero attached hydrogens (tertiary/aromatic N) is 3. The van der Waals surface area contributed by atoms with Crippen molar-refractivity contribution in [3.8, 4) is 0 Å². The zero-order valence-corrected chi connectivity index (χ0v) is 19.2. The lowest BCUT2D eigenvalue weighted by Gasteiger charge is -2.22. The van der Waals surface area contributed by atoms with Crippen molar-refractivity contribution < 1.29 is 22.8 Å². The van der Waals surface area contributed by atoms with Gasteiger partial charge in [-0.3, -0.25) is 14.7 Å². The first-order chi connectivity index (χ1) is 16.7. The molecule has 182 valence electrons. The number of nitrogens with one attached hydrogen (secondary N) is 2. The van der Waals surface area contributed by atoms with Crippen LogP contribution in [0.2, 0.25) is 0 Å². The van der Waals surface area contributed by atoms with Gasteiger partial charge >= 0.3 is 12.2 Å². The second-order valence-electron chi connectivity index (χ2n) is 8.17. The Morgan fingerprint density at radius 2 is 1.91 bits per heavy atom. The molecule has 0 fully saturated rings. The normalized spacial score (nSPS) is 12.8. The number of aromatic nitrogens is 1. The molecule has 0 bridgehead atoms. The van der Waals surface area contributed by atoms with E-state index in [0.29, 0.717) is 30.9 Å². The zero-order valence-electron chi connectivity index (χ0n) is 19.2. The van der Waals surface area contributed by atoms with Crippen LogP contribution in [0.25, 0.3) is 0 Å². The van der Waals surface area contributed by atoms with E-state index in [0.717, 1.165) is 28.9 Å². The number of pyridine rings is 1. The predicted octanol–water partition coefficient (Wildman–Crippen LogP) is 4.69. The van der Waals surface area contributed by atoms with Crippen LogP contribution >= 0.6 is 0 Å². The molecule has 2 heterocycles. The molecule has 0 spiro atoms. The van der Waals surface area contributed by atoms with Crippen LogP contribution in [0.1, 0.15) is 27.2 Å². The number of carbonyl (C=O) groups is 2. The predicted molar refractivity (Wildman–Crippen MR) is 128 cm³/mol. The van der Waals surface area contributed by atoms with E-state index in [-0.39, 0.29) is 11.6 Å². The first-order valence-corrected chi connectivity index (χ1v) is 10.9. The average molecular weight is 483 g/mol. The Labute approximate surface area is 200 Å². The second-order valence-corrected chi connectivity index (χ2v) is 8.17. The van der Waals surface area contributed by atoms with Crippen LogP contribution in [0.3, 0.4) is 0 Å². The number of fused-ring (bicyclic) bond motifs is 1. The summed E-state index contributed by atoms with van der Waals surface area (Å²) in [6.07, 6.45) is -2.30. The molecule has 2 N–H and O–H groups in total. The van der Waals surface area contributed by atoms with Crippen molar-refractivity contribution in [1.29, 1.82) is 0 Å². The Hall–Kier alpha value is -4.08. The highest BCUT2D eigenvalue weighted by atomic mass is 19.4. The standard InChI is InChI=1S/C25H24F3N5O2/c1-29-23(34)22-17(5-4-11-30-22)15-32(2)20-8-9-21-16(13-20)10-12-33(21)24(35)31-19-7-3-6-18(14-19)25(26,27)28/h3-9,11,13-14H,10,12,15H2,1-2H3,(H,29,34)(H,31,35). The molecule has 1 aromatic heterocycles. The number of alkyl halides is 3. The lowest BCUT2D eigenvalue weighted by atomic mass is 10.1. The first kappa shape index (κ1) is 24.1. The molecule has 0 saturated carbocycles. The third-order valence-corrected chi connectivity index (χ3v) is 5.83. The Morgan fingerprint density at radius 1 is 1.11 bits per heavy atom. The van der Waals surface area contributed by atoms with E-state index < -0.39 is 17.8 Å². The van der Waals surface area contributed by atoms with Gasteiger partial charge in [0.25, 0.3) is 5.91 Å². The molecule has 3 amide bonds. The first-order valence-electron chi connectivity index (χ1n) is 10.9. The fraction of sp³-hybridized carbons (Fsp3) is 0.240. The van der Waals surface area contributed by atoms with Crippen molar-refractivity contribution in [2.24, 2.45) is 0 Å². The highest BCUT2D eigenvalue weighted by Crippen LogP contribution is 2.34. The Morgan fingerprint density at radius 3 is 2.66 bits per heavy atom. The van der Waals surface area contributed by atoms with Crippen molar-refractivity contribution in [3.63, 3.8) is 0 Å². The molecular weight excluding hydrogens is 459 g/mol. The third-order valence-electron chi connectivity index (χ3n) is 5.83. The quantitative estimate of drug-likeness (QED) is 0.552. The SMILES string of the molecule is CNC(=O)c1ncccc1CN(C)c1ccc2c(c1)CCN2C(=O)Nc1cccc(C(F)(F)F)c1. The van der Waals surface area contributed by atoms with Gasteiger partial charge in [-0.1, -0.05) is 12.1 Å². The highest BCUT2D eigenvalue weighted by molar-refractivity contribution is 6.03. The molecule has 35 heavy (non-hydrogen) atoms. The Kier molecular flexibility index (Phi) is 6.63. The zero-order chi connectivity index (χ0) is 25.2. The van der Waals surface area contributed by atoms with Crippen LogP contribution in [-0.2, 0) is 19.1 Å². The Bertz CT molecular complexity index is 1260. The molecule has 2 aromatic carbocycles. The summed E-state index contributed by atoms with van der Waals surface area (Å²) in [5.41, 5.74) is 2.95. The lowest BCUT2D eigenvalue weighted by molar-refractivity contribution is -0.137. The van der Waals surface area contributed by atoms with Crippen LogP contribution in [0.4, 0.5) is 35.0 Å². The van der Waals surface area contributed by atoms with Gasteiger partial charge in [-0.25, -0.2) is 4.79 Å². The number of rotatable bonds is 5. The van der Waals surface area contributed by atoms with Gasteiger partial charge < -0.3 is 15.5 Å². The molecule has 0 atom stereocenters. The topological polar surface area (TPSA) is 77.6 Å². The summed E-state index contributed by atoms with van der Waals surface area (Å²) >= 11 is 0. The van der Waals surface area contributed by atoms with Gasteiger partial charge in [0, 0.05) is 56.0 Å². The van der Waals surface area contributed by atoms with Crippen molar-refractivity contribution >= 4 is 29.0 Å². The maximum Gasteiger partial charge on any atom is 0.416 e. The van der Waals surface area contributed by atoms with Crippen molar-refractivity contribution in [1.82, 2.24) is 10.3 Å². The van der Waals surface area contributed by atoms with Crippen molar-refractivity contribution in [3.05, 3.63) is 83.2 Å². The second kappa shape index (κ2) is 9.65. The number of urea groups is 1. The molecule has 0 saturated heterocycles. The van der Waals surface area contributed by atoms with Gasteiger partial charge in [0.1, 0.15) is 5.69 Å². The lowest BCUT2D eigenvalue weighted by Crippen LogP contribution is -2.33. The van der Waals surface area contributed by atoms with E-state index in [1.807, 2.05) is 36.2 Å². The minimum absolute atomic E-state index is 0.0815. The van der Waals surface area contributed by atoms with Gasteiger partial charge in [-0.2, -0.15) is 13.2 Å². The molecule has 10 heteroatoms. The third kappa shape index (κ3) is 5.21. The minimum Gasteiger partial charge on any atom is -0.370 e. The summed E-state index contributed by atoms with van der Waals surface area (Å²) in [7, 11) is 3.45. The Balaban J connectivity index is 1.48.